The van der Waals surface area contributed by atoms with Crippen LogP contribution in [-0.2, 0) is 28.0 Å². The van der Waals surface area contributed by atoms with Crippen molar-refractivity contribution in [3.8, 4) is 0 Å². The SMILES string of the molecule is CCCN(CCC)C(=O)C1=CC(C)=CC(C(N)=O)([C@H](Cc2cc(F)cc(F)c2)[C@@H](O)CNC2(c3cc(CC(C)C)no3)CC2)C1. The van der Waals surface area contributed by atoms with E-state index in [1.54, 1.807) is 24.0 Å². The van der Waals surface area contributed by atoms with Gasteiger partial charge in [0.2, 0.25) is 11.8 Å². The van der Waals surface area contributed by atoms with E-state index >= 15 is 0 Å². The summed E-state index contributed by atoms with van der Waals surface area (Å²) < 4.78 is 34.3. The van der Waals surface area contributed by atoms with Gasteiger partial charge >= 0.3 is 0 Å². The lowest BCUT2D eigenvalue weighted by molar-refractivity contribution is -0.132. The summed E-state index contributed by atoms with van der Waals surface area (Å²) in [5, 5.41) is 19.5. The molecule has 4 N–H and O–H groups in total. The highest BCUT2D eigenvalue weighted by atomic mass is 19.1. The van der Waals surface area contributed by atoms with Crippen LogP contribution >= 0.6 is 0 Å². The molecular formula is C35H48F2N4O4. The zero-order chi connectivity index (χ0) is 32.9. The summed E-state index contributed by atoms with van der Waals surface area (Å²) in [4.78, 5) is 29.1. The molecule has 8 nitrogen and oxygen atoms in total. The zero-order valence-corrected chi connectivity index (χ0v) is 27.2. The molecule has 1 unspecified atom stereocenters. The number of nitrogens with two attached hydrogens (primary N) is 1. The topological polar surface area (TPSA) is 122 Å². The van der Waals surface area contributed by atoms with E-state index in [0.29, 0.717) is 35.9 Å². The van der Waals surface area contributed by atoms with Crippen LogP contribution < -0.4 is 11.1 Å². The molecule has 1 heterocycles. The Morgan fingerprint density at radius 3 is 2.29 bits per heavy atom. The largest absolute Gasteiger partial charge is 0.391 e. The molecule has 1 aromatic carbocycles. The third-order valence-corrected chi connectivity index (χ3v) is 8.93. The number of hydrogen-bond donors (Lipinski definition) is 3. The molecule has 0 aliphatic heterocycles. The van der Waals surface area contributed by atoms with Crippen molar-refractivity contribution < 1.29 is 28.0 Å². The average Bonchev–Trinajstić information content (AvgIpc) is 3.62. The summed E-state index contributed by atoms with van der Waals surface area (Å²) in [6.45, 7) is 11.2. The predicted molar refractivity (Wildman–Crippen MR) is 169 cm³/mol. The van der Waals surface area contributed by atoms with Crippen LogP contribution in [0.4, 0.5) is 8.78 Å². The van der Waals surface area contributed by atoms with E-state index in [-0.39, 0.29) is 30.9 Å². The predicted octanol–water partition coefficient (Wildman–Crippen LogP) is 5.35. The van der Waals surface area contributed by atoms with Gasteiger partial charge in [0.05, 0.1) is 22.8 Å². The van der Waals surface area contributed by atoms with Gasteiger partial charge in [0.1, 0.15) is 11.6 Å². The molecular weight excluding hydrogens is 578 g/mol. The fourth-order valence-electron chi connectivity index (χ4n) is 6.69. The molecule has 0 radical (unpaired) electrons. The first-order valence-electron chi connectivity index (χ1n) is 16.2. The molecule has 0 bridgehead atoms. The van der Waals surface area contributed by atoms with Crippen molar-refractivity contribution in [2.75, 3.05) is 19.6 Å². The molecule has 10 heteroatoms. The number of aromatic nitrogens is 1. The molecule has 0 spiro atoms. The Morgan fingerprint density at radius 1 is 1.09 bits per heavy atom. The van der Waals surface area contributed by atoms with Gasteiger partial charge in [0.15, 0.2) is 5.76 Å². The van der Waals surface area contributed by atoms with Crippen LogP contribution in [0.15, 0.2) is 52.1 Å². The van der Waals surface area contributed by atoms with E-state index in [9.17, 15) is 23.5 Å². The molecule has 1 aromatic heterocycles. The van der Waals surface area contributed by atoms with Crippen molar-refractivity contribution in [3.05, 3.63) is 76.2 Å². The lowest BCUT2D eigenvalue weighted by Gasteiger charge is -2.42. The van der Waals surface area contributed by atoms with Crippen molar-refractivity contribution in [2.45, 2.75) is 91.2 Å². The smallest absolute Gasteiger partial charge is 0.249 e. The normalized spacial score (nSPS) is 20.4. The molecule has 2 aromatic rings. The van der Waals surface area contributed by atoms with Crippen molar-refractivity contribution in [2.24, 2.45) is 23.0 Å². The number of amides is 2. The van der Waals surface area contributed by atoms with E-state index in [1.807, 2.05) is 19.9 Å². The van der Waals surface area contributed by atoms with E-state index < -0.39 is 40.5 Å². The second-order valence-corrected chi connectivity index (χ2v) is 13.3. The molecule has 2 aliphatic carbocycles. The van der Waals surface area contributed by atoms with E-state index in [2.05, 4.69) is 24.3 Å². The van der Waals surface area contributed by atoms with Gasteiger partial charge in [-0.2, -0.15) is 0 Å². The van der Waals surface area contributed by atoms with Gasteiger partial charge in [-0.1, -0.05) is 50.6 Å². The van der Waals surface area contributed by atoms with E-state index in [4.69, 9.17) is 10.3 Å². The van der Waals surface area contributed by atoms with Crippen molar-refractivity contribution >= 4 is 11.8 Å². The quantitative estimate of drug-likeness (QED) is 0.231. The van der Waals surface area contributed by atoms with Crippen LogP contribution in [0, 0.1) is 28.9 Å². The van der Waals surface area contributed by atoms with Crippen LogP contribution in [0.2, 0.25) is 0 Å². The highest BCUT2D eigenvalue weighted by Crippen LogP contribution is 2.47. The minimum Gasteiger partial charge on any atom is -0.391 e. The van der Waals surface area contributed by atoms with E-state index in [1.165, 1.54) is 12.1 Å². The number of rotatable bonds is 16. The van der Waals surface area contributed by atoms with E-state index in [0.717, 1.165) is 43.9 Å². The summed E-state index contributed by atoms with van der Waals surface area (Å²) >= 11 is 0. The van der Waals surface area contributed by atoms with Gasteiger partial charge in [-0.15, -0.1) is 0 Å². The number of benzene rings is 1. The fourth-order valence-corrected chi connectivity index (χ4v) is 6.69. The first-order chi connectivity index (χ1) is 21.3. The Hall–Kier alpha value is -3.37. The Balaban J connectivity index is 1.67. The lowest BCUT2D eigenvalue weighted by Crippen LogP contribution is -2.52. The average molecular weight is 627 g/mol. The number of carbonyl (C=O) groups is 2. The van der Waals surface area contributed by atoms with Gasteiger partial charge in [0, 0.05) is 43.3 Å². The first kappa shape index (κ1) is 34.5. The maximum absolute atomic E-state index is 14.3. The van der Waals surface area contributed by atoms with Crippen LogP contribution in [0.25, 0.3) is 0 Å². The second kappa shape index (κ2) is 14.4. The summed E-state index contributed by atoms with van der Waals surface area (Å²) in [6, 6.07) is 5.12. The number of halogens is 2. The second-order valence-electron chi connectivity index (χ2n) is 13.3. The highest BCUT2D eigenvalue weighted by molar-refractivity contribution is 5.97. The molecule has 45 heavy (non-hydrogen) atoms. The Bertz CT molecular complexity index is 1400. The molecule has 1 fully saturated rings. The van der Waals surface area contributed by atoms with Gasteiger partial charge in [-0.25, -0.2) is 8.78 Å². The number of hydrogen-bond acceptors (Lipinski definition) is 6. The molecule has 1 saturated carbocycles. The lowest BCUT2D eigenvalue weighted by atomic mass is 9.63. The third-order valence-electron chi connectivity index (χ3n) is 8.93. The van der Waals surface area contributed by atoms with Crippen molar-refractivity contribution in [1.29, 1.82) is 0 Å². The fraction of sp³-hybridized carbons (Fsp3) is 0.571. The standard InChI is InChI=1S/C35H48F2N4O4/c1-6-10-41(11-7-2)32(43)25-13-23(5)19-34(20-25,33(38)44)29(16-24-14-26(36)17-27(37)15-24)30(42)21-39-35(8-9-35)31-18-28(40-45-31)12-22(3)4/h13-15,17-19,22,29-30,39,42H,6-12,16,20-21H2,1-5H3,(H2,38,44)/t29-,30+,34?/m1/s1. The Kier molecular flexibility index (Phi) is 11.0. The molecule has 246 valence electrons. The zero-order valence-electron chi connectivity index (χ0n) is 27.2. The number of carbonyl (C=O) groups excluding carboxylic acids is 2. The summed E-state index contributed by atoms with van der Waals surface area (Å²) in [7, 11) is 0. The summed E-state index contributed by atoms with van der Waals surface area (Å²) in [6.07, 6.45) is 6.11. The maximum Gasteiger partial charge on any atom is 0.249 e. The summed E-state index contributed by atoms with van der Waals surface area (Å²) in [5.74, 6) is -2.22. The Morgan fingerprint density at radius 2 is 1.73 bits per heavy atom. The number of aliphatic hydroxyl groups is 1. The number of allylic oxidation sites excluding steroid dienone is 2. The third kappa shape index (κ3) is 8.08. The van der Waals surface area contributed by atoms with Crippen molar-refractivity contribution in [3.63, 3.8) is 0 Å². The maximum atomic E-state index is 14.3. The van der Waals surface area contributed by atoms with Crippen LogP contribution in [0.5, 0.6) is 0 Å². The molecule has 4 rings (SSSR count). The monoisotopic (exact) mass is 626 g/mol. The van der Waals surface area contributed by atoms with Crippen LogP contribution in [0.1, 0.15) is 83.7 Å². The number of primary amides is 1. The minimum absolute atomic E-state index is 0.0340. The molecule has 2 aliphatic rings. The van der Waals surface area contributed by atoms with Gasteiger partial charge in [-0.05, 0) is 75.5 Å². The Labute approximate surface area is 265 Å². The minimum atomic E-state index is -1.49. The highest BCUT2D eigenvalue weighted by Gasteiger charge is 2.51. The van der Waals surface area contributed by atoms with Crippen LogP contribution in [-0.4, -0.2) is 52.7 Å². The van der Waals surface area contributed by atoms with Gasteiger partial charge in [-0.3, -0.25) is 9.59 Å². The van der Waals surface area contributed by atoms with Gasteiger partial charge < -0.3 is 25.6 Å². The van der Waals surface area contributed by atoms with Crippen molar-refractivity contribution in [1.82, 2.24) is 15.4 Å². The molecule has 3 atom stereocenters. The first-order valence-corrected chi connectivity index (χ1v) is 16.2. The molecule has 2 amide bonds. The van der Waals surface area contributed by atoms with Gasteiger partial charge in [0.25, 0.3) is 0 Å². The number of aliphatic hydroxyl groups excluding tert-OH is 1. The number of nitrogens with zero attached hydrogens (tertiary/aromatic N) is 2. The van der Waals surface area contributed by atoms with Crippen LogP contribution in [0.3, 0.4) is 0 Å². The number of nitrogens with one attached hydrogen (secondary N) is 1. The summed E-state index contributed by atoms with van der Waals surface area (Å²) in [5.41, 5.74) is 6.38. The molecule has 0 saturated heterocycles.